The Hall–Kier alpha value is -3.09. The van der Waals surface area contributed by atoms with Crippen LogP contribution in [0.4, 0.5) is 0 Å². The van der Waals surface area contributed by atoms with Crippen LogP contribution in [-0.4, -0.2) is 33.2 Å². The molecule has 2 aromatic heterocycles. The van der Waals surface area contributed by atoms with Gasteiger partial charge < -0.3 is 14.8 Å². The second kappa shape index (κ2) is 5.60. The van der Waals surface area contributed by atoms with E-state index in [0.717, 1.165) is 5.65 Å². The van der Waals surface area contributed by atoms with Gasteiger partial charge >= 0.3 is 0 Å². The van der Waals surface area contributed by atoms with Crippen molar-refractivity contribution in [3.05, 3.63) is 54.5 Å². The van der Waals surface area contributed by atoms with Crippen molar-refractivity contribution in [1.29, 1.82) is 0 Å². The van der Waals surface area contributed by atoms with E-state index in [-0.39, 0.29) is 19.1 Å². The van der Waals surface area contributed by atoms with Crippen molar-refractivity contribution in [1.82, 2.24) is 19.9 Å². The minimum atomic E-state index is -0.677. The second-order valence-corrected chi connectivity index (χ2v) is 5.13. The van der Waals surface area contributed by atoms with Crippen molar-refractivity contribution in [2.24, 2.45) is 0 Å². The van der Waals surface area contributed by atoms with E-state index in [1.54, 1.807) is 6.07 Å². The number of carbonyl (C=O) groups excluding carboxylic acids is 1. The van der Waals surface area contributed by atoms with Crippen LogP contribution in [0, 0.1) is 0 Å². The maximum atomic E-state index is 12.3. The van der Waals surface area contributed by atoms with E-state index in [1.165, 1.54) is 0 Å². The van der Waals surface area contributed by atoms with Crippen LogP contribution in [0.1, 0.15) is 5.82 Å². The number of para-hydroxylation sites is 2. The van der Waals surface area contributed by atoms with Gasteiger partial charge in [-0.15, -0.1) is 10.2 Å². The number of carbonyl (C=O) groups is 1. The van der Waals surface area contributed by atoms with Crippen molar-refractivity contribution >= 4 is 11.6 Å². The SMILES string of the molecule is O=C(NCc1nnc2ccccn12)[C@@H]1COc2ccccc2O1. The number of rotatable bonds is 3. The number of pyridine rings is 1. The maximum Gasteiger partial charge on any atom is 0.265 e. The summed E-state index contributed by atoms with van der Waals surface area (Å²) in [5, 5.41) is 10.9. The molecule has 3 heterocycles. The largest absolute Gasteiger partial charge is 0.485 e. The quantitative estimate of drug-likeness (QED) is 0.786. The zero-order valence-corrected chi connectivity index (χ0v) is 12.2. The van der Waals surface area contributed by atoms with E-state index in [4.69, 9.17) is 9.47 Å². The van der Waals surface area contributed by atoms with Gasteiger partial charge in [0.2, 0.25) is 6.10 Å². The number of benzene rings is 1. The Labute approximate surface area is 131 Å². The summed E-state index contributed by atoms with van der Waals surface area (Å²) in [4.78, 5) is 12.3. The first kappa shape index (κ1) is 13.6. The zero-order valence-electron chi connectivity index (χ0n) is 12.2. The minimum Gasteiger partial charge on any atom is -0.485 e. The van der Waals surface area contributed by atoms with Gasteiger partial charge in [-0.05, 0) is 24.3 Å². The fourth-order valence-corrected chi connectivity index (χ4v) is 2.44. The number of nitrogens with one attached hydrogen (secondary N) is 1. The molecule has 3 aromatic rings. The highest BCUT2D eigenvalue weighted by Crippen LogP contribution is 2.30. The molecule has 0 saturated carbocycles. The van der Waals surface area contributed by atoms with E-state index in [9.17, 15) is 4.79 Å². The summed E-state index contributed by atoms with van der Waals surface area (Å²) in [6.45, 7) is 0.453. The average Bonchev–Trinajstić information content (AvgIpc) is 3.02. The van der Waals surface area contributed by atoms with Crippen molar-refractivity contribution in [3.8, 4) is 11.5 Å². The Morgan fingerprint density at radius 1 is 1.17 bits per heavy atom. The van der Waals surface area contributed by atoms with Gasteiger partial charge in [0, 0.05) is 6.20 Å². The molecule has 0 fully saturated rings. The molecule has 23 heavy (non-hydrogen) atoms. The molecule has 1 aliphatic rings. The molecular formula is C16H14N4O3. The van der Waals surface area contributed by atoms with Crippen molar-refractivity contribution in [2.75, 3.05) is 6.61 Å². The standard InChI is InChI=1S/C16H14N4O3/c21-16(13-10-22-11-5-1-2-6-12(11)23-13)17-9-15-19-18-14-7-3-4-8-20(14)15/h1-8,13H,9-10H2,(H,17,21)/t13-/m0/s1. The Balaban J connectivity index is 1.43. The fraction of sp³-hybridized carbons (Fsp3) is 0.188. The van der Waals surface area contributed by atoms with Crippen molar-refractivity contribution in [3.63, 3.8) is 0 Å². The third-order valence-corrected chi connectivity index (χ3v) is 3.61. The summed E-state index contributed by atoms with van der Waals surface area (Å²) in [6, 6.07) is 12.9. The topological polar surface area (TPSA) is 77.8 Å². The van der Waals surface area contributed by atoms with Gasteiger partial charge in [-0.2, -0.15) is 0 Å². The highest BCUT2D eigenvalue weighted by molar-refractivity contribution is 5.81. The molecule has 1 N–H and O–H groups in total. The Morgan fingerprint density at radius 2 is 2.00 bits per heavy atom. The molecule has 0 saturated heterocycles. The molecule has 1 aromatic carbocycles. The molecule has 4 rings (SSSR count). The van der Waals surface area contributed by atoms with Crippen molar-refractivity contribution < 1.29 is 14.3 Å². The van der Waals surface area contributed by atoms with Crippen LogP contribution in [0.15, 0.2) is 48.7 Å². The molecule has 0 unspecified atom stereocenters. The van der Waals surface area contributed by atoms with E-state index in [0.29, 0.717) is 17.3 Å². The molecule has 0 radical (unpaired) electrons. The van der Waals surface area contributed by atoms with Crippen LogP contribution < -0.4 is 14.8 Å². The maximum absolute atomic E-state index is 12.3. The summed E-state index contributed by atoms with van der Waals surface area (Å²) in [5.74, 6) is 1.64. The number of fused-ring (bicyclic) bond motifs is 2. The van der Waals surface area contributed by atoms with Crippen LogP contribution in [-0.2, 0) is 11.3 Å². The number of ether oxygens (including phenoxy) is 2. The second-order valence-electron chi connectivity index (χ2n) is 5.13. The van der Waals surface area contributed by atoms with Crippen LogP contribution >= 0.6 is 0 Å². The van der Waals surface area contributed by atoms with Gasteiger partial charge in [0.15, 0.2) is 23.0 Å². The van der Waals surface area contributed by atoms with Gasteiger partial charge in [-0.25, -0.2) is 0 Å². The van der Waals surface area contributed by atoms with E-state index in [2.05, 4.69) is 15.5 Å². The summed E-state index contributed by atoms with van der Waals surface area (Å²) in [7, 11) is 0. The van der Waals surface area contributed by atoms with Gasteiger partial charge in [-0.3, -0.25) is 9.20 Å². The van der Waals surface area contributed by atoms with Crippen LogP contribution in [0.5, 0.6) is 11.5 Å². The number of hydrogen-bond donors (Lipinski definition) is 1. The lowest BCUT2D eigenvalue weighted by Gasteiger charge is -2.25. The molecule has 0 aliphatic carbocycles. The molecule has 1 atom stereocenters. The first-order valence-electron chi connectivity index (χ1n) is 7.26. The number of amides is 1. The summed E-state index contributed by atoms with van der Waals surface area (Å²) < 4.78 is 13.0. The van der Waals surface area contributed by atoms with Gasteiger partial charge in [0.25, 0.3) is 5.91 Å². The number of aromatic nitrogens is 3. The molecule has 0 bridgehead atoms. The summed E-state index contributed by atoms with van der Waals surface area (Å²) in [6.07, 6.45) is 1.18. The summed E-state index contributed by atoms with van der Waals surface area (Å²) in [5.41, 5.74) is 0.739. The number of nitrogens with zero attached hydrogens (tertiary/aromatic N) is 3. The number of hydrogen-bond acceptors (Lipinski definition) is 5. The molecule has 7 heteroatoms. The highest BCUT2D eigenvalue weighted by Gasteiger charge is 2.27. The van der Waals surface area contributed by atoms with Crippen LogP contribution in [0.25, 0.3) is 5.65 Å². The molecule has 116 valence electrons. The lowest BCUT2D eigenvalue weighted by atomic mass is 10.2. The average molecular weight is 310 g/mol. The first-order valence-corrected chi connectivity index (χ1v) is 7.26. The summed E-state index contributed by atoms with van der Waals surface area (Å²) >= 11 is 0. The van der Waals surface area contributed by atoms with Crippen LogP contribution in [0.2, 0.25) is 0 Å². The third-order valence-electron chi connectivity index (χ3n) is 3.61. The van der Waals surface area contributed by atoms with Crippen molar-refractivity contribution in [2.45, 2.75) is 12.6 Å². The normalized spacial score (nSPS) is 16.3. The lowest BCUT2D eigenvalue weighted by Crippen LogP contribution is -2.43. The molecule has 0 spiro atoms. The lowest BCUT2D eigenvalue weighted by molar-refractivity contribution is -0.130. The molecule has 1 amide bonds. The monoisotopic (exact) mass is 310 g/mol. The van der Waals surface area contributed by atoms with E-state index >= 15 is 0 Å². The van der Waals surface area contributed by atoms with Gasteiger partial charge in [0.05, 0.1) is 6.54 Å². The fourth-order valence-electron chi connectivity index (χ4n) is 2.44. The molecular weight excluding hydrogens is 296 g/mol. The Morgan fingerprint density at radius 3 is 2.91 bits per heavy atom. The van der Waals surface area contributed by atoms with E-state index in [1.807, 2.05) is 47.0 Å². The van der Waals surface area contributed by atoms with Crippen LogP contribution in [0.3, 0.4) is 0 Å². The predicted molar refractivity (Wildman–Crippen MR) is 81.2 cm³/mol. The highest BCUT2D eigenvalue weighted by atomic mass is 16.6. The minimum absolute atomic E-state index is 0.184. The molecule has 7 nitrogen and oxygen atoms in total. The Bertz CT molecular complexity index is 861. The van der Waals surface area contributed by atoms with E-state index < -0.39 is 6.10 Å². The van der Waals surface area contributed by atoms with Gasteiger partial charge in [-0.1, -0.05) is 18.2 Å². The predicted octanol–water partition coefficient (Wildman–Crippen LogP) is 1.19. The third kappa shape index (κ3) is 2.57. The Kier molecular flexibility index (Phi) is 3.30. The van der Waals surface area contributed by atoms with Gasteiger partial charge in [0.1, 0.15) is 6.61 Å². The smallest absolute Gasteiger partial charge is 0.265 e. The molecule has 1 aliphatic heterocycles. The zero-order chi connectivity index (χ0) is 15.6. The first-order chi connectivity index (χ1) is 11.3.